The van der Waals surface area contributed by atoms with Crippen molar-refractivity contribution in [3.8, 4) is 0 Å². The van der Waals surface area contributed by atoms with Crippen LogP contribution in [-0.2, 0) is 6.54 Å². The Morgan fingerprint density at radius 2 is 1.95 bits per heavy atom. The number of halogens is 1. The zero-order valence-electron chi connectivity index (χ0n) is 11.8. The first-order valence-corrected chi connectivity index (χ1v) is 6.74. The summed E-state index contributed by atoms with van der Waals surface area (Å²) < 4.78 is 12.6. The third kappa shape index (κ3) is 7.61. The highest BCUT2D eigenvalue weighted by atomic mass is 19.1. The third-order valence-electron chi connectivity index (χ3n) is 2.59. The summed E-state index contributed by atoms with van der Waals surface area (Å²) in [5, 5.41) is 3.14. The summed E-state index contributed by atoms with van der Waals surface area (Å²) in [4.78, 5) is 3.74. The number of aryl methyl sites for hydroxylation is 1. The standard InChI is InChI=1S/C9H14FN3.C7H8/c10-9-4-8(6-13-7-9)5-12-3-1-2-11;1-7-5-3-2-4-6-7/h4,6-7,12H,1-3,5,11H2;2-6H,1H3. The Kier molecular flexibility index (Phi) is 8.19. The van der Waals surface area contributed by atoms with E-state index < -0.39 is 0 Å². The van der Waals surface area contributed by atoms with Crippen LogP contribution in [0.1, 0.15) is 17.5 Å². The van der Waals surface area contributed by atoms with Crippen LogP contribution in [0.3, 0.4) is 0 Å². The van der Waals surface area contributed by atoms with Crippen LogP contribution in [0, 0.1) is 12.7 Å². The molecule has 0 atom stereocenters. The number of benzene rings is 1. The molecule has 0 aliphatic rings. The van der Waals surface area contributed by atoms with E-state index in [1.807, 2.05) is 18.2 Å². The number of aromatic nitrogens is 1. The Morgan fingerprint density at radius 1 is 1.20 bits per heavy atom. The largest absolute Gasteiger partial charge is 0.330 e. The Bertz CT molecular complexity index is 474. The highest BCUT2D eigenvalue weighted by Gasteiger charge is 1.94. The van der Waals surface area contributed by atoms with E-state index in [1.165, 1.54) is 17.8 Å². The molecule has 0 amide bonds. The van der Waals surface area contributed by atoms with E-state index >= 15 is 0 Å². The summed E-state index contributed by atoms with van der Waals surface area (Å²) in [6.07, 6.45) is 3.78. The number of hydrogen-bond acceptors (Lipinski definition) is 3. The van der Waals surface area contributed by atoms with Gasteiger partial charge in [-0.3, -0.25) is 4.98 Å². The predicted molar refractivity (Wildman–Crippen MR) is 80.8 cm³/mol. The molecule has 3 nitrogen and oxygen atoms in total. The van der Waals surface area contributed by atoms with E-state index in [1.54, 1.807) is 6.20 Å². The molecular formula is C16H22FN3. The smallest absolute Gasteiger partial charge is 0.141 e. The van der Waals surface area contributed by atoms with Crippen molar-refractivity contribution in [1.82, 2.24) is 10.3 Å². The molecule has 2 aromatic rings. The van der Waals surface area contributed by atoms with Crippen molar-refractivity contribution in [3.05, 3.63) is 65.7 Å². The molecule has 0 unspecified atom stereocenters. The van der Waals surface area contributed by atoms with Crippen LogP contribution in [0.5, 0.6) is 0 Å². The van der Waals surface area contributed by atoms with Crippen LogP contribution < -0.4 is 11.1 Å². The lowest BCUT2D eigenvalue weighted by molar-refractivity contribution is 0.609. The van der Waals surface area contributed by atoms with Crippen molar-refractivity contribution >= 4 is 0 Å². The van der Waals surface area contributed by atoms with E-state index in [0.717, 1.165) is 18.5 Å². The maximum atomic E-state index is 12.6. The van der Waals surface area contributed by atoms with Gasteiger partial charge in [0.25, 0.3) is 0 Å². The molecule has 0 aliphatic heterocycles. The van der Waals surface area contributed by atoms with Gasteiger partial charge in [0, 0.05) is 12.7 Å². The molecule has 0 radical (unpaired) electrons. The van der Waals surface area contributed by atoms with E-state index in [4.69, 9.17) is 5.73 Å². The molecule has 0 aliphatic carbocycles. The van der Waals surface area contributed by atoms with Crippen LogP contribution >= 0.6 is 0 Å². The quantitative estimate of drug-likeness (QED) is 0.825. The Hall–Kier alpha value is -1.78. The van der Waals surface area contributed by atoms with Crippen molar-refractivity contribution in [2.24, 2.45) is 5.73 Å². The zero-order chi connectivity index (χ0) is 14.6. The summed E-state index contributed by atoms with van der Waals surface area (Å²) in [6.45, 7) is 4.26. The summed E-state index contributed by atoms with van der Waals surface area (Å²) in [5.41, 5.74) is 7.50. The Labute approximate surface area is 120 Å². The van der Waals surface area contributed by atoms with Gasteiger partial charge in [0.15, 0.2) is 0 Å². The van der Waals surface area contributed by atoms with Gasteiger partial charge in [0.2, 0.25) is 0 Å². The number of nitrogens with one attached hydrogen (secondary N) is 1. The van der Waals surface area contributed by atoms with Gasteiger partial charge in [-0.2, -0.15) is 0 Å². The summed E-state index contributed by atoms with van der Waals surface area (Å²) >= 11 is 0. The van der Waals surface area contributed by atoms with E-state index in [2.05, 4.69) is 29.4 Å². The van der Waals surface area contributed by atoms with Crippen LogP contribution in [0.4, 0.5) is 4.39 Å². The number of hydrogen-bond donors (Lipinski definition) is 2. The van der Waals surface area contributed by atoms with Crippen molar-refractivity contribution in [3.63, 3.8) is 0 Å². The lowest BCUT2D eigenvalue weighted by Crippen LogP contribution is -2.17. The van der Waals surface area contributed by atoms with E-state index in [9.17, 15) is 4.39 Å². The van der Waals surface area contributed by atoms with Gasteiger partial charge < -0.3 is 11.1 Å². The lowest BCUT2D eigenvalue weighted by atomic mass is 10.2. The Balaban J connectivity index is 0.000000240. The zero-order valence-corrected chi connectivity index (χ0v) is 11.8. The number of rotatable bonds is 5. The fraction of sp³-hybridized carbons (Fsp3) is 0.312. The van der Waals surface area contributed by atoms with Crippen LogP contribution in [0.2, 0.25) is 0 Å². The fourth-order valence-electron chi connectivity index (χ4n) is 1.55. The molecule has 2 rings (SSSR count). The molecule has 4 heteroatoms. The summed E-state index contributed by atoms with van der Waals surface area (Å²) in [5.74, 6) is -0.293. The molecule has 1 aromatic carbocycles. The van der Waals surface area contributed by atoms with Gasteiger partial charge in [-0.1, -0.05) is 35.9 Å². The van der Waals surface area contributed by atoms with E-state index in [-0.39, 0.29) is 5.82 Å². The maximum Gasteiger partial charge on any atom is 0.141 e. The minimum absolute atomic E-state index is 0.293. The lowest BCUT2D eigenvalue weighted by Gasteiger charge is -2.02. The average Bonchev–Trinajstić information content (AvgIpc) is 2.45. The molecule has 0 spiro atoms. The normalized spacial score (nSPS) is 9.75. The maximum absolute atomic E-state index is 12.6. The minimum atomic E-state index is -0.293. The molecular weight excluding hydrogens is 253 g/mol. The third-order valence-corrected chi connectivity index (χ3v) is 2.59. The van der Waals surface area contributed by atoms with E-state index in [0.29, 0.717) is 13.1 Å². The average molecular weight is 275 g/mol. The SMILES string of the molecule is Cc1ccccc1.NCCCNCc1cncc(F)c1. The van der Waals surface area contributed by atoms with Gasteiger partial charge in [-0.15, -0.1) is 0 Å². The first-order chi connectivity index (χ1) is 9.72. The van der Waals surface area contributed by atoms with Crippen molar-refractivity contribution in [2.75, 3.05) is 13.1 Å². The second kappa shape index (κ2) is 10.1. The molecule has 0 fully saturated rings. The van der Waals surface area contributed by atoms with Gasteiger partial charge >= 0.3 is 0 Å². The number of pyridine rings is 1. The molecule has 0 saturated heterocycles. The van der Waals surface area contributed by atoms with Crippen LogP contribution in [-0.4, -0.2) is 18.1 Å². The van der Waals surface area contributed by atoms with Crippen molar-refractivity contribution < 1.29 is 4.39 Å². The van der Waals surface area contributed by atoms with Gasteiger partial charge in [0.05, 0.1) is 6.20 Å². The molecule has 108 valence electrons. The predicted octanol–water partition coefficient (Wildman–Crippen LogP) is 2.65. The second-order valence-corrected chi connectivity index (χ2v) is 4.49. The molecule has 20 heavy (non-hydrogen) atoms. The van der Waals surface area contributed by atoms with Crippen LogP contribution in [0.15, 0.2) is 48.8 Å². The van der Waals surface area contributed by atoms with Crippen LogP contribution in [0.25, 0.3) is 0 Å². The summed E-state index contributed by atoms with van der Waals surface area (Å²) in [7, 11) is 0. The first kappa shape index (κ1) is 16.3. The number of nitrogens with two attached hydrogens (primary N) is 1. The van der Waals surface area contributed by atoms with Crippen molar-refractivity contribution in [1.29, 1.82) is 0 Å². The number of nitrogens with zero attached hydrogens (tertiary/aromatic N) is 1. The van der Waals surface area contributed by atoms with Gasteiger partial charge in [0.1, 0.15) is 5.82 Å². The summed E-state index contributed by atoms with van der Waals surface area (Å²) in [6, 6.07) is 11.7. The second-order valence-electron chi connectivity index (χ2n) is 4.49. The Morgan fingerprint density at radius 3 is 2.50 bits per heavy atom. The molecule has 3 N–H and O–H groups in total. The molecule has 1 heterocycles. The van der Waals surface area contributed by atoms with Crippen molar-refractivity contribution in [2.45, 2.75) is 19.9 Å². The topological polar surface area (TPSA) is 50.9 Å². The highest BCUT2D eigenvalue weighted by Crippen LogP contribution is 1.99. The minimum Gasteiger partial charge on any atom is -0.330 e. The van der Waals surface area contributed by atoms with Gasteiger partial charge in [-0.25, -0.2) is 4.39 Å². The van der Waals surface area contributed by atoms with Gasteiger partial charge in [-0.05, 0) is 38.1 Å². The monoisotopic (exact) mass is 275 g/mol. The molecule has 0 saturated carbocycles. The highest BCUT2D eigenvalue weighted by molar-refractivity contribution is 5.11. The molecule has 1 aromatic heterocycles. The molecule has 0 bridgehead atoms. The first-order valence-electron chi connectivity index (χ1n) is 6.74. The fourth-order valence-corrected chi connectivity index (χ4v) is 1.55.